The highest BCUT2D eigenvalue weighted by molar-refractivity contribution is 7.06. The number of nitrogens with zero attached hydrogens (tertiary/aromatic N) is 2. The minimum absolute atomic E-state index is 0.745. The monoisotopic (exact) mass is 197 g/mol. The second-order valence-corrected chi connectivity index (χ2v) is 3.41. The Morgan fingerprint density at radius 3 is 2.58 bits per heavy atom. The summed E-state index contributed by atoms with van der Waals surface area (Å²) in [4.78, 5) is 0. The van der Waals surface area contributed by atoms with Gasteiger partial charge in [-0.05, 0) is 16.8 Å². The molecule has 1 heterocycles. The molecule has 0 N–H and O–H groups in total. The van der Waals surface area contributed by atoms with Crippen molar-refractivity contribution >= 4 is 22.9 Å². The van der Waals surface area contributed by atoms with Gasteiger partial charge in [0.25, 0.3) is 5.51 Å². The van der Waals surface area contributed by atoms with E-state index in [4.69, 9.17) is 11.6 Å². The Hall–Kier alpha value is -0.930. The molecule has 0 radical (unpaired) electrons. The largest absolute Gasteiger partial charge is 0.259 e. The van der Waals surface area contributed by atoms with E-state index in [2.05, 4.69) is 5.10 Å². The van der Waals surface area contributed by atoms with Crippen LogP contribution in [-0.4, -0.2) is 5.10 Å². The SMILES string of the molecule is Clc1ccc(-[n+]2cscn2)cc1. The summed E-state index contributed by atoms with van der Waals surface area (Å²) in [7, 11) is 0. The van der Waals surface area contributed by atoms with Gasteiger partial charge in [0.1, 0.15) is 0 Å². The Labute approximate surface area is 79.0 Å². The van der Waals surface area contributed by atoms with E-state index in [0.717, 1.165) is 10.7 Å². The molecule has 0 fully saturated rings. The quantitative estimate of drug-likeness (QED) is 0.640. The van der Waals surface area contributed by atoms with Crippen molar-refractivity contribution in [3.8, 4) is 5.69 Å². The molecule has 60 valence electrons. The van der Waals surface area contributed by atoms with E-state index in [9.17, 15) is 0 Å². The van der Waals surface area contributed by atoms with Crippen molar-refractivity contribution in [1.29, 1.82) is 0 Å². The van der Waals surface area contributed by atoms with Gasteiger partial charge in [-0.15, -0.1) is 0 Å². The van der Waals surface area contributed by atoms with E-state index in [1.165, 1.54) is 0 Å². The average Bonchev–Trinajstić information content (AvgIpc) is 2.58. The highest BCUT2D eigenvalue weighted by atomic mass is 35.5. The van der Waals surface area contributed by atoms with Gasteiger partial charge >= 0.3 is 0 Å². The molecule has 0 aliphatic carbocycles. The number of rotatable bonds is 1. The molecule has 4 heteroatoms. The molecule has 0 aliphatic heterocycles. The lowest BCUT2D eigenvalue weighted by molar-refractivity contribution is -0.653. The first-order valence-corrected chi connectivity index (χ1v) is 4.74. The first kappa shape index (κ1) is 7.71. The van der Waals surface area contributed by atoms with E-state index in [0.29, 0.717) is 0 Å². The van der Waals surface area contributed by atoms with Crippen molar-refractivity contribution in [3.05, 3.63) is 40.3 Å². The van der Waals surface area contributed by atoms with Gasteiger partial charge < -0.3 is 0 Å². The smallest absolute Gasteiger partial charge is 0.0843 e. The minimum atomic E-state index is 0.745. The van der Waals surface area contributed by atoms with Crippen LogP contribution in [0, 0.1) is 0 Å². The van der Waals surface area contributed by atoms with Crippen LogP contribution in [0.3, 0.4) is 0 Å². The van der Waals surface area contributed by atoms with Crippen LogP contribution in [0.2, 0.25) is 5.02 Å². The molecule has 2 aromatic rings. The molecule has 0 bridgehead atoms. The van der Waals surface area contributed by atoms with E-state index < -0.39 is 0 Å². The molecule has 0 saturated carbocycles. The molecule has 0 saturated heterocycles. The topological polar surface area (TPSA) is 16.8 Å². The molecule has 0 aliphatic rings. The van der Waals surface area contributed by atoms with Gasteiger partial charge in [-0.2, -0.15) is 0 Å². The fourth-order valence-corrected chi connectivity index (χ4v) is 1.54. The predicted molar refractivity (Wildman–Crippen MR) is 48.7 cm³/mol. The molecule has 2 rings (SSSR count). The van der Waals surface area contributed by atoms with Crippen LogP contribution in [0.5, 0.6) is 0 Å². The lowest BCUT2D eigenvalue weighted by atomic mass is 10.3. The van der Waals surface area contributed by atoms with Crippen molar-refractivity contribution in [2.45, 2.75) is 0 Å². The van der Waals surface area contributed by atoms with Gasteiger partial charge in [0, 0.05) is 22.3 Å². The van der Waals surface area contributed by atoms with Crippen LogP contribution in [0.4, 0.5) is 0 Å². The zero-order valence-corrected chi connectivity index (χ0v) is 7.72. The zero-order chi connectivity index (χ0) is 8.39. The molecule has 1 aromatic heterocycles. The minimum Gasteiger partial charge on any atom is -0.0843 e. The van der Waals surface area contributed by atoms with Crippen LogP contribution in [0.25, 0.3) is 5.69 Å². The summed E-state index contributed by atoms with van der Waals surface area (Å²) in [5.41, 5.74) is 4.75. The first-order chi connectivity index (χ1) is 5.86. The first-order valence-electron chi connectivity index (χ1n) is 3.42. The maximum atomic E-state index is 5.75. The highest BCUT2D eigenvalue weighted by Crippen LogP contribution is 2.08. The Morgan fingerprint density at radius 1 is 1.25 bits per heavy atom. The fraction of sp³-hybridized carbons (Fsp3) is 0. The predicted octanol–water partition coefficient (Wildman–Crippen LogP) is 2.07. The van der Waals surface area contributed by atoms with Crippen LogP contribution >= 0.6 is 22.9 Å². The summed E-state index contributed by atoms with van der Waals surface area (Å²) in [5.74, 6) is 0. The van der Waals surface area contributed by atoms with Crippen LogP contribution in [0.1, 0.15) is 0 Å². The zero-order valence-electron chi connectivity index (χ0n) is 6.14. The lowest BCUT2D eigenvalue weighted by Gasteiger charge is -1.88. The van der Waals surface area contributed by atoms with Crippen molar-refractivity contribution in [3.63, 3.8) is 0 Å². The summed E-state index contributed by atoms with van der Waals surface area (Å²) in [6, 6.07) is 7.57. The standard InChI is InChI=1S/C8H6ClN2S/c9-7-1-3-8(4-2-7)11-6-12-5-10-11/h1-6H/q+1. The lowest BCUT2D eigenvalue weighted by Crippen LogP contribution is -2.30. The Balaban J connectivity index is 2.43. The Morgan fingerprint density at radius 2 is 2.00 bits per heavy atom. The Kier molecular flexibility index (Phi) is 2.06. The normalized spacial score (nSPS) is 10.1. The fourth-order valence-electron chi connectivity index (χ4n) is 0.911. The molecule has 2 nitrogen and oxygen atoms in total. The van der Waals surface area contributed by atoms with Gasteiger partial charge in [0.15, 0.2) is 5.51 Å². The summed E-state index contributed by atoms with van der Waals surface area (Å²) in [6.45, 7) is 0. The summed E-state index contributed by atoms with van der Waals surface area (Å²) < 4.78 is 1.81. The maximum Gasteiger partial charge on any atom is 0.259 e. The third-order valence-corrected chi connectivity index (χ3v) is 2.27. The van der Waals surface area contributed by atoms with Crippen LogP contribution in [0.15, 0.2) is 35.3 Å². The molecule has 12 heavy (non-hydrogen) atoms. The number of halogens is 1. The number of hydrogen-bond donors (Lipinski definition) is 0. The van der Waals surface area contributed by atoms with Crippen molar-refractivity contribution in [2.24, 2.45) is 0 Å². The molecular formula is C8H6ClN2S+. The van der Waals surface area contributed by atoms with E-state index >= 15 is 0 Å². The molecule has 0 unspecified atom stereocenters. The molecule has 0 amide bonds. The Bertz CT molecular complexity index is 355. The third-order valence-electron chi connectivity index (χ3n) is 1.48. The number of benzene rings is 1. The van der Waals surface area contributed by atoms with Crippen LogP contribution in [-0.2, 0) is 0 Å². The van der Waals surface area contributed by atoms with Crippen molar-refractivity contribution in [1.82, 2.24) is 5.10 Å². The summed E-state index contributed by atoms with van der Waals surface area (Å²) in [5, 5.41) is 4.85. The van der Waals surface area contributed by atoms with Gasteiger partial charge in [-0.25, -0.2) is 0 Å². The van der Waals surface area contributed by atoms with E-state index in [-0.39, 0.29) is 0 Å². The third kappa shape index (κ3) is 1.47. The summed E-state index contributed by atoms with van der Waals surface area (Å²) in [6.07, 6.45) is 0. The van der Waals surface area contributed by atoms with E-state index in [1.54, 1.807) is 21.5 Å². The van der Waals surface area contributed by atoms with E-state index in [1.807, 2.05) is 29.8 Å². The van der Waals surface area contributed by atoms with Crippen LogP contribution < -0.4 is 4.68 Å². The average molecular weight is 198 g/mol. The molecule has 0 spiro atoms. The number of hydrogen-bond acceptors (Lipinski definition) is 2. The molecule has 1 aromatic carbocycles. The second kappa shape index (κ2) is 3.21. The second-order valence-electron chi connectivity index (χ2n) is 2.28. The number of aromatic nitrogens is 2. The molecular weight excluding hydrogens is 192 g/mol. The van der Waals surface area contributed by atoms with Gasteiger partial charge in [-0.3, -0.25) is 0 Å². The molecule has 0 atom stereocenters. The van der Waals surface area contributed by atoms with Crippen molar-refractivity contribution in [2.75, 3.05) is 0 Å². The van der Waals surface area contributed by atoms with Gasteiger partial charge in [-0.1, -0.05) is 22.9 Å². The van der Waals surface area contributed by atoms with Gasteiger partial charge in [0.05, 0.1) is 0 Å². The highest BCUT2D eigenvalue weighted by Gasteiger charge is 2.05. The van der Waals surface area contributed by atoms with Gasteiger partial charge in [0.2, 0.25) is 5.69 Å². The van der Waals surface area contributed by atoms with Crippen molar-refractivity contribution < 1.29 is 4.68 Å². The maximum absolute atomic E-state index is 5.75. The summed E-state index contributed by atoms with van der Waals surface area (Å²) >= 11 is 7.30.